The predicted molar refractivity (Wildman–Crippen MR) is 109 cm³/mol. The number of nitrogens with zero attached hydrogens (tertiary/aromatic N) is 3. The van der Waals surface area contributed by atoms with Gasteiger partial charge in [0.15, 0.2) is 0 Å². The Bertz CT molecular complexity index is 1040. The van der Waals surface area contributed by atoms with Gasteiger partial charge in [-0.3, -0.25) is 19.1 Å². The maximum atomic E-state index is 13.1. The number of benzene rings is 2. The molecule has 1 aliphatic heterocycles. The Morgan fingerprint density at radius 2 is 1.90 bits per heavy atom. The number of para-hydroxylation sites is 2. The Hall–Kier alpha value is -3.39. The molecule has 0 aliphatic carbocycles. The molecule has 0 spiro atoms. The summed E-state index contributed by atoms with van der Waals surface area (Å²) in [7, 11) is 3.17. The molecule has 0 saturated carbocycles. The number of carbonyl (C=O) groups excluding carboxylic acids is 2. The van der Waals surface area contributed by atoms with E-state index in [2.05, 4.69) is 10.3 Å². The largest absolute Gasteiger partial charge is 0.497 e. The zero-order valence-corrected chi connectivity index (χ0v) is 16.3. The van der Waals surface area contributed by atoms with Crippen molar-refractivity contribution in [3.8, 4) is 5.75 Å². The van der Waals surface area contributed by atoms with Crippen LogP contribution < -0.4 is 15.0 Å². The van der Waals surface area contributed by atoms with E-state index in [0.717, 1.165) is 11.0 Å². The van der Waals surface area contributed by atoms with Gasteiger partial charge in [0.25, 0.3) is 5.91 Å². The number of hydrogen-bond acceptors (Lipinski definition) is 5. The van der Waals surface area contributed by atoms with Gasteiger partial charge in [-0.15, -0.1) is 0 Å². The molecule has 0 bridgehead atoms. The van der Waals surface area contributed by atoms with E-state index < -0.39 is 6.04 Å². The van der Waals surface area contributed by atoms with Crippen LogP contribution in [0.5, 0.6) is 5.75 Å². The van der Waals surface area contributed by atoms with Crippen LogP contribution >= 0.6 is 0 Å². The Kier molecular flexibility index (Phi) is 5.18. The predicted octanol–water partition coefficient (Wildman–Crippen LogP) is 2.61. The number of hydrogen-bond donors (Lipinski definition) is 1. The second-order valence-corrected chi connectivity index (χ2v) is 6.75. The lowest BCUT2D eigenvalue weighted by atomic mass is 10.1. The Balaban J connectivity index is 1.59. The van der Waals surface area contributed by atoms with Crippen molar-refractivity contribution in [3.05, 3.63) is 48.5 Å². The van der Waals surface area contributed by atoms with Crippen LogP contribution in [-0.4, -0.2) is 48.7 Å². The lowest BCUT2D eigenvalue weighted by Gasteiger charge is -2.15. The summed E-state index contributed by atoms with van der Waals surface area (Å²) >= 11 is 0. The Morgan fingerprint density at radius 3 is 2.62 bits per heavy atom. The number of fused-ring (bicyclic) bond motifs is 3. The molecule has 0 saturated heterocycles. The summed E-state index contributed by atoms with van der Waals surface area (Å²) in [6.45, 7) is 0.773. The number of aromatic nitrogens is 2. The third-order valence-electron chi connectivity index (χ3n) is 4.95. The molecule has 29 heavy (non-hydrogen) atoms. The maximum absolute atomic E-state index is 13.1. The molecule has 150 valence electrons. The number of nitrogens with one attached hydrogen (secondary N) is 1. The van der Waals surface area contributed by atoms with E-state index in [1.807, 2.05) is 28.8 Å². The number of imidazole rings is 1. The van der Waals surface area contributed by atoms with Crippen LogP contribution in [0.2, 0.25) is 0 Å². The summed E-state index contributed by atoms with van der Waals surface area (Å²) in [6.07, 6.45) is 0.0156. The summed E-state index contributed by atoms with van der Waals surface area (Å²) in [6, 6.07) is 14.0. The SMILES string of the molecule is COCCN1C(=O)C(CC(=O)Nc2ccc(OC)cc2)n2c1nc1ccccc12. The molecule has 2 heterocycles. The van der Waals surface area contributed by atoms with E-state index in [1.54, 1.807) is 43.4 Å². The smallest absolute Gasteiger partial charge is 0.253 e. The molecule has 3 aromatic rings. The summed E-state index contributed by atoms with van der Waals surface area (Å²) < 4.78 is 12.1. The standard InChI is InChI=1S/C21H22N4O4/c1-28-12-11-24-20(27)18(25-17-6-4-3-5-16(17)23-21(24)25)13-19(26)22-14-7-9-15(29-2)10-8-14/h3-10,18H,11-13H2,1-2H3,(H,22,26). The Morgan fingerprint density at radius 1 is 1.14 bits per heavy atom. The van der Waals surface area contributed by atoms with Crippen LogP contribution in [0.1, 0.15) is 12.5 Å². The highest BCUT2D eigenvalue weighted by Gasteiger charge is 2.40. The van der Waals surface area contributed by atoms with E-state index in [0.29, 0.717) is 30.5 Å². The van der Waals surface area contributed by atoms with Gasteiger partial charge in [0.2, 0.25) is 11.9 Å². The van der Waals surface area contributed by atoms with Gasteiger partial charge >= 0.3 is 0 Å². The topological polar surface area (TPSA) is 85.7 Å². The van der Waals surface area contributed by atoms with Crippen LogP contribution in [0.15, 0.2) is 48.5 Å². The lowest BCUT2D eigenvalue weighted by molar-refractivity contribution is -0.124. The second-order valence-electron chi connectivity index (χ2n) is 6.75. The van der Waals surface area contributed by atoms with Crippen molar-refractivity contribution in [2.45, 2.75) is 12.5 Å². The van der Waals surface area contributed by atoms with Crippen molar-refractivity contribution in [2.75, 3.05) is 37.6 Å². The number of anilines is 2. The molecule has 1 N–H and O–H groups in total. The lowest BCUT2D eigenvalue weighted by Crippen LogP contribution is -2.33. The minimum Gasteiger partial charge on any atom is -0.497 e. The van der Waals surface area contributed by atoms with Crippen LogP contribution in [-0.2, 0) is 14.3 Å². The van der Waals surface area contributed by atoms with Gasteiger partial charge in [-0.2, -0.15) is 0 Å². The molecule has 0 fully saturated rings. The van der Waals surface area contributed by atoms with Crippen LogP contribution in [0.25, 0.3) is 11.0 Å². The number of ether oxygens (including phenoxy) is 2. The molecule has 2 amide bonds. The number of amides is 2. The number of methoxy groups -OCH3 is 2. The fraction of sp³-hybridized carbons (Fsp3) is 0.286. The summed E-state index contributed by atoms with van der Waals surface area (Å²) in [5, 5.41) is 2.85. The average molecular weight is 394 g/mol. The third kappa shape index (κ3) is 3.54. The first-order chi connectivity index (χ1) is 14.1. The molecule has 8 nitrogen and oxygen atoms in total. The van der Waals surface area contributed by atoms with Gasteiger partial charge in [0.1, 0.15) is 11.8 Å². The fourth-order valence-electron chi connectivity index (χ4n) is 3.55. The summed E-state index contributed by atoms with van der Waals surface area (Å²) in [5.41, 5.74) is 2.27. The minimum atomic E-state index is -0.646. The third-order valence-corrected chi connectivity index (χ3v) is 4.95. The highest BCUT2D eigenvalue weighted by Crippen LogP contribution is 2.36. The molecule has 4 rings (SSSR count). The van der Waals surface area contributed by atoms with Crippen LogP contribution in [0, 0.1) is 0 Å². The van der Waals surface area contributed by atoms with Gasteiger partial charge in [-0.1, -0.05) is 12.1 Å². The van der Waals surface area contributed by atoms with E-state index in [-0.39, 0.29) is 18.2 Å². The molecule has 2 aromatic carbocycles. The van der Waals surface area contributed by atoms with Gasteiger partial charge in [0.05, 0.1) is 37.7 Å². The van der Waals surface area contributed by atoms with Crippen LogP contribution in [0.4, 0.5) is 11.6 Å². The normalized spacial score (nSPS) is 15.6. The van der Waals surface area contributed by atoms with Crippen LogP contribution in [0.3, 0.4) is 0 Å². The minimum absolute atomic E-state index is 0.0156. The molecule has 1 aliphatic rings. The average Bonchev–Trinajstić information content (AvgIpc) is 3.22. The first-order valence-corrected chi connectivity index (χ1v) is 9.33. The highest BCUT2D eigenvalue weighted by atomic mass is 16.5. The van der Waals surface area contributed by atoms with Crippen molar-refractivity contribution in [1.29, 1.82) is 0 Å². The first kappa shape index (κ1) is 18.9. The number of carbonyl (C=O) groups is 2. The zero-order chi connectivity index (χ0) is 20.4. The second kappa shape index (κ2) is 7.92. The quantitative estimate of drug-likeness (QED) is 0.666. The maximum Gasteiger partial charge on any atom is 0.253 e. The number of rotatable bonds is 7. The molecule has 1 atom stereocenters. The van der Waals surface area contributed by atoms with Crippen molar-refractivity contribution in [2.24, 2.45) is 0 Å². The van der Waals surface area contributed by atoms with Gasteiger partial charge in [-0.25, -0.2) is 4.98 Å². The summed E-state index contributed by atoms with van der Waals surface area (Å²) in [4.78, 5) is 31.9. The fourth-order valence-corrected chi connectivity index (χ4v) is 3.55. The van der Waals surface area contributed by atoms with Crippen molar-refractivity contribution in [1.82, 2.24) is 9.55 Å². The van der Waals surface area contributed by atoms with Crippen molar-refractivity contribution >= 4 is 34.5 Å². The molecule has 8 heteroatoms. The van der Waals surface area contributed by atoms with E-state index in [4.69, 9.17) is 9.47 Å². The highest BCUT2D eigenvalue weighted by molar-refractivity contribution is 6.05. The monoisotopic (exact) mass is 394 g/mol. The van der Waals surface area contributed by atoms with Gasteiger partial charge < -0.3 is 14.8 Å². The first-order valence-electron chi connectivity index (χ1n) is 9.33. The molecular weight excluding hydrogens is 372 g/mol. The van der Waals surface area contributed by atoms with E-state index in [1.165, 1.54) is 0 Å². The molecular formula is C21H22N4O4. The zero-order valence-electron chi connectivity index (χ0n) is 16.3. The Labute approximate surface area is 168 Å². The molecule has 1 unspecified atom stereocenters. The van der Waals surface area contributed by atoms with E-state index >= 15 is 0 Å². The van der Waals surface area contributed by atoms with Gasteiger partial charge in [0, 0.05) is 12.8 Å². The van der Waals surface area contributed by atoms with Gasteiger partial charge in [-0.05, 0) is 36.4 Å². The van der Waals surface area contributed by atoms with E-state index in [9.17, 15) is 9.59 Å². The summed E-state index contributed by atoms with van der Waals surface area (Å²) in [5.74, 6) is 0.860. The van der Waals surface area contributed by atoms with Crippen molar-refractivity contribution < 1.29 is 19.1 Å². The molecule has 0 radical (unpaired) electrons. The van der Waals surface area contributed by atoms with Crippen molar-refractivity contribution in [3.63, 3.8) is 0 Å². The molecule has 1 aromatic heterocycles.